The molecule has 2 N–H and O–H groups in total. The first-order chi connectivity index (χ1) is 5.75. The predicted molar refractivity (Wildman–Crippen MR) is 50.9 cm³/mol. The summed E-state index contributed by atoms with van der Waals surface area (Å²) in [5.41, 5.74) is 5.89. The molecule has 0 unspecified atom stereocenters. The molecule has 1 heterocycles. The van der Waals surface area contributed by atoms with Crippen LogP contribution in [0.2, 0.25) is 0 Å². The molecule has 0 aliphatic heterocycles. The van der Waals surface area contributed by atoms with Crippen molar-refractivity contribution in [3.05, 3.63) is 12.2 Å². The van der Waals surface area contributed by atoms with Crippen LogP contribution in [0, 0.1) is 0 Å². The molecular weight excluding hydrogens is 172 g/mol. The van der Waals surface area contributed by atoms with Crippen LogP contribution in [0.15, 0.2) is 6.33 Å². The van der Waals surface area contributed by atoms with Gasteiger partial charge in [0.2, 0.25) is 0 Å². The summed E-state index contributed by atoms with van der Waals surface area (Å²) in [6.45, 7) is 0. The molecule has 4 nitrogen and oxygen atoms in total. The Morgan fingerprint density at radius 1 is 1.75 bits per heavy atom. The normalized spacial score (nSPS) is 13.2. The maximum atomic E-state index is 5.89. The third-order valence-electron chi connectivity index (χ3n) is 1.71. The van der Waals surface area contributed by atoms with Crippen molar-refractivity contribution < 1.29 is 0 Å². The highest BCUT2D eigenvalue weighted by atomic mass is 32.2. The quantitative estimate of drug-likeness (QED) is 0.747. The Balaban J connectivity index is 2.52. The largest absolute Gasteiger partial charge is 0.321 e. The summed E-state index contributed by atoms with van der Waals surface area (Å²) >= 11 is 1.80. The number of hydrogen-bond acceptors (Lipinski definition) is 4. The van der Waals surface area contributed by atoms with Crippen molar-refractivity contribution in [2.24, 2.45) is 12.8 Å². The van der Waals surface area contributed by atoms with Gasteiger partial charge in [-0.1, -0.05) is 0 Å². The third kappa shape index (κ3) is 2.22. The molecule has 5 heteroatoms. The minimum Gasteiger partial charge on any atom is -0.321 e. The van der Waals surface area contributed by atoms with Crippen molar-refractivity contribution in [2.45, 2.75) is 12.5 Å². The van der Waals surface area contributed by atoms with E-state index in [1.807, 2.05) is 11.6 Å². The van der Waals surface area contributed by atoms with Gasteiger partial charge >= 0.3 is 0 Å². The molecule has 1 aromatic heterocycles. The van der Waals surface area contributed by atoms with Crippen LogP contribution in [0.5, 0.6) is 0 Å². The molecule has 0 fully saturated rings. The van der Waals surface area contributed by atoms with Gasteiger partial charge in [-0.2, -0.15) is 11.8 Å². The average molecular weight is 186 g/mol. The maximum Gasteiger partial charge on any atom is 0.149 e. The van der Waals surface area contributed by atoms with E-state index < -0.39 is 0 Å². The Kier molecular flexibility index (Phi) is 3.55. The summed E-state index contributed by atoms with van der Waals surface area (Å²) in [5, 5.41) is 7.72. The van der Waals surface area contributed by atoms with Crippen LogP contribution in [0.3, 0.4) is 0 Å². The lowest BCUT2D eigenvalue weighted by Gasteiger charge is -2.08. The first kappa shape index (κ1) is 9.54. The highest BCUT2D eigenvalue weighted by Crippen LogP contribution is 2.11. The third-order valence-corrected chi connectivity index (χ3v) is 2.35. The zero-order valence-electron chi connectivity index (χ0n) is 7.40. The molecule has 0 spiro atoms. The number of hydrogen-bond donors (Lipinski definition) is 1. The van der Waals surface area contributed by atoms with E-state index >= 15 is 0 Å². The van der Waals surface area contributed by atoms with Crippen LogP contribution in [0.25, 0.3) is 0 Å². The Hall–Kier alpha value is -0.550. The molecule has 0 saturated heterocycles. The second-order valence-corrected chi connectivity index (χ2v) is 3.67. The predicted octanol–water partition coefficient (Wildman–Crippen LogP) is 0.568. The lowest BCUT2D eigenvalue weighted by Crippen LogP contribution is -2.15. The summed E-state index contributed by atoms with van der Waals surface area (Å²) < 4.78 is 1.87. The van der Waals surface area contributed by atoms with E-state index in [1.54, 1.807) is 18.1 Å². The van der Waals surface area contributed by atoms with E-state index in [0.717, 1.165) is 18.0 Å². The van der Waals surface area contributed by atoms with Crippen molar-refractivity contribution in [3.8, 4) is 0 Å². The van der Waals surface area contributed by atoms with Gasteiger partial charge in [0.15, 0.2) is 0 Å². The lowest BCUT2D eigenvalue weighted by molar-refractivity contribution is 0.619. The maximum absolute atomic E-state index is 5.89. The molecule has 0 radical (unpaired) electrons. The van der Waals surface area contributed by atoms with Crippen molar-refractivity contribution >= 4 is 11.8 Å². The molecule has 12 heavy (non-hydrogen) atoms. The highest BCUT2D eigenvalue weighted by molar-refractivity contribution is 7.98. The Bertz CT molecular complexity index is 235. The van der Waals surface area contributed by atoms with Crippen LogP contribution >= 0.6 is 11.8 Å². The molecular formula is C7H14N4S. The number of aromatic nitrogens is 3. The fourth-order valence-electron chi connectivity index (χ4n) is 1.00. The van der Waals surface area contributed by atoms with Gasteiger partial charge in [0.05, 0.1) is 6.04 Å². The molecule has 0 amide bonds. The van der Waals surface area contributed by atoms with Crippen LogP contribution in [-0.2, 0) is 7.05 Å². The summed E-state index contributed by atoms with van der Waals surface area (Å²) in [7, 11) is 1.91. The first-order valence-electron chi connectivity index (χ1n) is 3.84. The summed E-state index contributed by atoms with van der Waals surface area (Å²) in [5.74, 6) is 1.93. The fourth-order valence-corrected chi connectivity index (χ4v) is 1.49. The Morgan fingerprint density at radius 2 is 2.50 bits per heavy atom. The molecule has 1 aromatic rings. The standard InChI is InChI=1S/C7H14N4S/c1-11-5-9-10-7(11)6(8)3-4-12-2/h5-6H,3-4,8H2,1-2H3/t6-/m1/s1. The summed E-state index contributed by atoms with van der Waals surface area (Å²) in [6, 6.07) is 0.0185. The van der Waals surface area contributed by atoms with Gasteiger partial charge in [0.25, 0.3) is 0 Å². The van der Waals surface area contributed by atoms with E-state index in [9.17, 15) is 0 Å². The average Bonchev–Trinajstić information content (AvgIpc) is 2.47. The fraction of sp³-hybridized carbons (Fsp3) is 0.714. The van der Waals surface area contributed by atoms with Gasteiger partial charge in [0, 0.05) is 7.05 Å². The van der Waals surface area contributed by atoms with Gasteiger partial charge in [-0.25, -0.2) is 0 Å². The van der Waals surface area contributed by atoms with Gasteiger partial charge in [-0.3, -0.25) is 0 Å². The second kappa shape index (κ2) is 4.47. The van der Waals surface area contributed by atoms with Gasteiger partial charge in [-0.05, 0) is 18.4 Å². The monoisotopic (exact) mass is 186 g/mol. The van der Waals surface area contributed by atoms with E-state index in [1.165, 1.54) is 0 Å². The molecule has 0 aromatic carbocycles. The zero-order valence-corrected chi connectivity index (χ0v) is 8.21. The van der Waals surface area contributed by atoms with E-state index in [0.29, 0.717) is 0 Å². The van der Waals surface area contributed by atoms with Crippen molar-refractivity contribution in [1.29, 1.82) is 0 Å². The molecule has 1 rings (SSSR count). The molecule has 0 aliphatic carbocycles. The SMILES string of the molecule is CSCC[C@@H](N)c1nncn1C. The van der Waals surface area contributed by atoms with E-state index in [2.05, 4.69) is 16.5 Å². The smallest absolute Gasteiger partial charge is 0.149 e. The molecule has 0 bridgehead atoms. The Morgan fingerprint density at radius 3 is 3.00 bits per heavy atom. The number of rotatable bonds is 4. The summed E-state index contributed by atoms with van der Waals surface area (Å²) in [4.78, 5) is 0. The minimum atomic E-state index is 0.0185. The number of nitrogens with two attached hydrogens (primary N) is 1. The van der Waals surface area contributed by atoms with Crippen LogP contribution in [0.1, 0.15) is 18.3 Å². The van der Waals surface area contributed by atoms with Gasteiger partial charge in [0.1, 0.15) is 12.2 Å². The van der Waals surface area contributed by atoms with Crippen molar-refractivity contribution in [3.63, 3.8) is 0 Å². The zero-order chi connectivity index (χ0) is 8.97. The number of aryl methyl sites for hydroxylation is 1. The lowest BCUT2D eigenvalue weighted by atomic mass is 10.2. The number of nitrogens with zero attached hydrogens (tertiary/aromatic N) is 3. The van der Waals surface area contributed by atoms with Crippen LogP contribution < -0.4 is 5.73 Å². The Labute approximate surface area is 76.5 Å². The second-order valence-electron chi connectivity index (χ2n) is 2.69. The molecule has 0 aliphatic rings. The summed E-state index contributed by atoms with van der Waals surface area (Å²) in [6.07, 6.45) is 4.70. The molecule has 0 saturated carbocycles. The highest BCUT2D eigenvalue weighted by Gasteiger charge is 2.10. The van der Waals surface area contributed by atoms with Crippen LogP contribution in [-0.4, -0.2) is 26.8 Å². The first-order valence-corrected chi connectivity index (χ1v) is 5.23. The van der Waals surface area contributed by atoms with Crippen molar-refractivity contribution in [1.82, 2.24) is 14.8 Å². The molecule has 68 valence electrons. The topological polar surface area (TPSA) is 56.7 Å². The van der Waals surface area contributed by atoms with Crippen molar-refractivity contribution in [2.75, 3.05) is 12.0 Å². The van der Waals surface area contributed by atoms with Crippen LogP contribution in [0.4, 0.5) is 0 Å². The van der Waals surface area contributed by atoms with Gasteiger partial charge < -0.3 is 10.3 Å². The van der Waals surface area contributed by atoms with Gasteiger partial charge in [-0.15, -0.1) is 10.2 Å². The van der Waals surface area contributed by atoms with E-state index in [-0.39, 0.29) is 6.04 Å². The molecule has 1 atom stereocenters. The van der Waals surface area contributed by atoms with E-state index in [4.69, 9.17) is 5.73 Å². The minimum absolute atomic E-state index is 0.0185. The number of thioether (sulfide) groups is 1.